The summed E-state index contributed by atoms with van der Waals surface area (Å²) < 4.78 is 12.3. The lowest BCUT2D eigenvalue weighted by molar-refractivity contribution is -0.137. The topological polar surface area (TPSA) is 109 Å². The summed E-state index contributed by atoms with van der Waals surface area (Å²) in [6.07, 6.45) is 11.7. The normalized spacial score (nSPS) is 20.7. The van der Waals surface area contributed by atoms with Crippen molar-refractivity contribution in [3.8, 4) is 0 Å². The summed E-state index contributed by atoms with van der Waals surface area (Å²) in [6, 6.07) is 12.6. The number of fused-ring (bicyclic) bond motifs is 1. The highest BCUT2D eigenvalue weighted by molar-refractivity contribution is 5.89. The van der Waals surface area contributed by atoms with Gasteiger partial charge in [0.15, 0.2) is 11.5 Å². The highest BCUT2D eigenvalue weighted by Crippen LogP contribution is 2.40. The molecule has 1 aliphatic heterocycles. The first kappa shape index (κ1) is 30.8. The minimum absolute atomic E-state index is 0.00619. The largest absolute Gasteiger partial charge is 0.481 e. The number of allylic oxidation sites excluding steroid dienone is 2. The van der Waals surface area contributed by atoms with Crippen molar-refractivity contribution in [2.24, 2.45) is 5.92 Å². The van der Waals surface area contributed by atoms with E-state index in [9.17, 15) is 4.79 Å². The van der Waals surface area contributed by atoms with Gasteiger partial charge in [-0.05, 0) is 66.8 Å². The van der Waals surface area contributed by atoms with Gasteiger partial charge in [-0.2, -0.15) is 0 Å². The Labute approximate surface area is 254 Å². The second-order valence-electron chi connectivity index (χ2n) is 11.3. The quantitative estimate of drug-likeness (QED) is 0.177. The van der Waals surface area contributed by atoms with Crippen LogP contribution in [0.5, 0.6) is 0 Å². The van der Waals surface area contributed by atoms with Gasteiger partial charge in [-0.1, -0.05) is 43.3 Å². The lowest BCUT2D eigenvalue weighted by atomic mass is 9.80. The van der Waals surface area contributed by atoms with Crippen molar-refractivity contribution in [1.29, 1.82) is 0 Å². The van der Waals surface area contributed by atoms with Crippen LogP contribution in [0.15, 0.2) is 67.0 Å². The Kier molecular flexibility index (Phi) is 10.5. The molecular formula is C34H43N5O4. The first-order chi connectivity index (χ1) is 20.9. The first-order valence-corrected chi connectivity index (χ1v) is 15.3. The van der Waals surface area contributed by atoms with E-state index in [2.05, 4.69) is 77.9 Å². The van der Waals surface area contributed by atoms with Gasteiger partial charge in [0.2, 0.25) is 0 Å². The van der Waals surface area contributed by atoms with Crippen molar-refractivity contribution < 1.29 is 19.4 Å². The number of morpholine rings is 1. The van der Waals surface area contributed by atoms with E-state index < -0.39 is 11.7 Å². The number of carbonyl (C=O) groups is 1. The molecule has 5 rings (SSSR count). The van der Waals surface area contributed by atoms with Gasteiger partial charge in [0.1, 0.15) is 5.52 Å². The van der Waals surface area contributed by atoms with Gasteiger partial charge < -0.3 is 25.2 Å². The number of carboxylic acids is 1. The van der Waals surface area contributed by atoms with Gasteiger partial charge in [0.05, 0.1) is 19.8 Å². The predicted octanol–water partition coefficient (Wildman–Crippen LogP) is 5.03. The van der Waals surface area contributed by atoms with Crippen molar-refractivity contribution in [2.45, 2.75) is 45.4 Å². The Balaban J connectivity index is 1.36. The van der Waals surface area contributed by atoms with Crippen LogP contribution >= 0.6 is 0 Å². The maximum atomic E-state index is 10.8. The number of rotatable bonds is 14. The van der Waals surface area contributed by atoms with Crippen LogP contribution in [-0.4, -0.2) is 77.7 Å². The van der Waals surface area contributed by atoms with E-state index in [0.29, 0.717) is 31.9 Å². The van der Waals surface area contributed by atoms with Gasteiger partial charge in [0, 0.05) is 56.3 Å². The Hall–Kier alpha value is -3.63. The highest BCUT2D eigenvalue weighted by Gasteiger charge is 2.40. The second kappa shape index (κ2) is 14.7. The highest BCUT2D eigenvalue weighted by atomic mass is 16.5. The number of aromatic nitrogens is 2. The molecule has 3 heterocycles. The van der Waals surface area contributed by atoms with Crippen LogP contribution in [0.3, 0.4) is 0 Å². The molecule has 228 valence electrons. The first-order valence-electron chi connectivity index (χ1n) is 15.3. The summed E-state index contributed by atoms with van der Waals surface area (Å²) in [5, 5.41) is 16.8. The van der Waals surface area contributed by atoms with E-state index in [-0.39, 0.29) is 12.3 Å². The summed E-state index contributed by atoms with van der Waals surface area (Å²) >= 11 is 0. The predicted molar refractivity (Wildman–Crippen MR) is 170 cm³/mol. The standard InChI is InChI=1S/C34H43N5O4/c1-25-8-3-4-9-29(25)30-10-5-13-34(26(30)2,43-19-7-16-39-17-20-42-21-18-39)38-33-32-28(12-15-36-33)22-27(24-37-32)23-35-14-6-11-31(40)41/h3-5,8-10,12-13,15,22,24,26,35H,6-7,11,14,16-21,23H2,1-2H3,(H,36,38)(H,40,41). The average molecular weight is 586 g/mol. The maximum Gasteiger partial charge on any atom is 0.303 e. The molecule has 9 nitrogen and oxygen atoms in total. The number of nitrogens with one attached hydrogen (secondary N) is 2. The molecule has 1 saturated heterocycles. The number of hydrogen-bond donors (Lipinski definition) is 3. The fraction of sp³-hybridized carbons (Fsp3) is 0.441. The van der Waals surface area contributed by atoms with Crippen LogP contribution in [0.25, 0.3) is 16.5 Å². The summed E-state index contributed by atoms with van der Waals surface area (Å²) in [6.45, 7) is 10.7. The maximum absolute atomic E-state index is 10.8. The number of hydrogen-bond acceptors (Lipinski definition) is 8. The number of nitrogens with zero attached hydrogens (tertiary/aromatic N) is 3. The molecule has 9 heteroatoms. The van der Waals surface area contributed by atoms with E-state index in [0.717, 1.165) is 55.7 Å². The third kappa shape index (κ3) is 7.86. The Morgan fingerprint density at radius 1 is 1.19 bits per heavy atom. The van der Waals surface area contributed by atoms with Gasteiger partial charge >= 0.3 is 5.97 Å². The molecule has 3 aromatic rings. The summed E-state index contributed by atoms with van der Waals surface area (Å²) in [5.41, 5.74) is 4.65. The molecule has 3 N–H and O–H groups in total. The monoisotopic (exact) mass is 585 g/mol. The van der Waals surface area contributed by atoms with Crippen LogP contribution in [0.1, 0.15) is 42.9 Å². The number of aryl methyl sites for hydroxylation is 1. The fourth-order valence-electron chi connectivity index (χ4n) is 5.82. The average Bonchev–Trinajstić information content (AvgIpc) is 3.01. The smallest absolute Gasteiger partial charge is 0.303 e. The molecule has 1 aliphatic carbocycles. The zero-order valence-corrected chi connectivity index (χ0v) is 25.2. The zero-order chi connectivity index (χ0) is 30.1. The molecule has 0 spiro atoms. The van der Waals surface area contributed by atoms with Crippen LogP contribution in [0.4, 0.5) is 5.82 Å². The molecule has 2 unspecified atom stereocenters. The molecule has 0 bridgehead atoms. The van der Waals surface area contributed by atoms with Crippen LogP contribution < -0.4 is 10.6 Å². The van der Waals surface area contributed by atoms with Gasteiger partial charge in [-0.3, -0.25) is 14.7 Å². The molecule has 0 saturated carbocycles. The summed E-state index contributed by atoms with van der Waals surface area (Å²) in [5.74, 6) is -0.105. The van der Waals surface area contributed by atoms with Crippen LogP contribution in [0, 0.1) is 12.8 Å². The van der Waals surface area contributed by atoms with Crippen LogP contribution in [0.2, 0.25) is 0 Å². The summed E-state index contributed by atoms with van der Waals surface area (Å²) in [4.78, 5) is 22.7. The fourth-order valence-corrected chi connectivity index (χ4v) is 5.82. The molecular weight excluding hydrogens is 542 g/mol. The number of pyridine rings is 2. The number of aliphatic carboxylic acids is 1. The SMILES string of the molecule is Cc1ccccc1C1=CC=CC(Nc2nccc3cc(CNCCCC(=O)O)cnc23)(OCCCN2CCOCC2)C1C. The number of ether oxygens (including phenoxy) is 2. The minimum Gasteiger partial charge on any atom is -0.481 e. The molecule has 2 aliphatic rings. The zero-order valence-electron chi connectivity index (χ0n) is 25.2. The minimum atomic E-state index is -0.815. The van der Waals surface area contributed by atoms with Crippen molar-refractivity contribution >= 4 is 28.3 Å². The number of carboxylic acid groups (broad SMARTS) is 1. The van der Waals surface area contributed by atoms with Crippen molar-refractivity contribution in [1.82, 2.24) is 20.2 Å². The van der Waals surface area contributed by atoms with E-state index in [1.165, 1.54) is 16.7 Å². The van der Waals surface area contributed by atoms with Crippen molar-refractivity contribution in [3.63, 3.8) is 0 Å². The lowest BCUT2D eigenvalue weighted by Gasteiger charge is -2.41. The summed E-state index contributed by atoms with van der Waals surface area (Å²) in [7, 11) is 0. The van der Waals surface area contributed by atoms with Crippen molar-refractivity contribution in [3.05, 3.63) is 83.7 Å². The third-order valence-corrected chi connectivity index (χ3v) is 8.29. The van der Waals surface area contributed by atoms with Crippen LogP contribution in [-0.2, 0) is 20.8 Å². The molecule has 43 heavy (non-hydrogen) atoms. The molecule has 1 fully saturated rings. The van der Waals surface area contributed by atoms with E-state index in [1.54, 1.807) is 6.20 Å². The van der Waals surface area contributed by atoms with E-state index >= 15 is 0 Å². The van der Waals surface area contributed by atoms with Gasteiger partial charge in [0.25, 0.3) is 0 Å². The van der Waals surface area contributed by atoms with Gasteiger partial charge in [-0.15, -0.1) is 0 Å². The Morgan fingerprint density at radius 3 is 2.84 bits per heavy atom. The Bertz CT molecular complexity index is 1450. The molecule has 2 aromatic heterocycles. The molecule has 0 amide bonds. The second-order valence-corrected chi connectivity index (χ2v) is 11.3. The lowest BCUT2D eigenvalue weighted by Crippen LogP contribution is -2.48. The molecule has 2 atom stereocenters. The Morgan fingerprint density at radius 2 is 2.02 bits per heavy atom. The van der Waals surface area contributed by atoms with E-state index in [4.69, 9.17) is 24.5 Å². The van der Waals surface area contributed by atoms with Crippen molar-refractivity contribution in [2.75, 3.05) is 51.3 Å². The van der Waals surface area contributed by atoms with Gasteiger partial charge in [-0.25, -0.2) is 4.98 Å². The number of anilines is 1. The van der Waals surface area contributed by atoms with E-state index in [1.807, 2.05) is 12.3 Å². The number of benzene rings is 1. The molecule has 0 radical (unpaired) electrons. The molecule has 1 aromatic carbocycles. The third-order valence-electron chi connectivity index (χ3n) is 8.29.